The number of carbonyl (C=O) groups is 1. The van der Waals surface area contributed by atoms with Gasteiger partial charge in [-0.25, -0.2) is 4.79 Å². The van der Waals surface area contributed by atoms with Crippen molar-refractivity contribution in [2.75, 3.05) is 5.88 Å². The zero-order chi connectivity index (χ0) is 10.8. The maximum atomic E-state index is 10.5. The molecule has 0 aliphatic heterocycles. The zero-order valence-electron chi connectivity index (χ0n) is 8.76. The van der Waals surface area contributed by atoms with Gasteiger partial charge in [0.1, 0.15) is 0 Å². The molecule has 0 saturated heterocycles. The number of hydrogen-bond donors (Lipinski definition) is 1. The summed E-state index contributed by atoms with van der Waals surface area (Å²) in [6, 6.07) is 0. The van der Waals surface area contributed by atoms with E-state index in [1.807, 2.05) is 0 Å². The number of hydrogen-bond acceptors (Lipinski definition) is 1. The van der Waals surface area contributed by atoms with Crippen LogP contribution in [-0.2, 0) is 4.79 Å². The highest BCUT2D eigenvalue weighted by Crippen LogP contribution is 2.08. The van der Waals surface area contributed by atoms with Gasteiger partial charge in [-0.05, 0) is 12.8 Å². The van der Waals surface area contributed by atoms with Gasteiger partial charge in [0, 0.05) is 5.57 Å². The van der Waals surface area contributed by atoms with Crippen molar-refractivity contribution in [3.05, 3.63) is 11.6 Å². The van der Waals surface area contributed by atoms with Crippen LogP contribution in [0.4, 0.5) is 0 Å². The first kappa shape index (κ1) is 13.5. The molecule has 0 spiro atoms. The third-order valence-electron chi connectivity index (χ3n) is 2.12. The third kappa shape index (κ3) is 6.96. The molecule has 0 rings (SSSR count). The molecular weight excluding hydrogens is 200 g/mol. The van der Waals surface area contributed by atoms with Gasteiger partial charge in [-0.15, -0.1) is 11.6 Å². The first-order chi connectivity index (χ1) is 6.72. The highest BCUT2D eigenvalue weighted by Gasteiger charge is 2.03. The summed E-state index contributed by atoms with van der Waals surface area (Å²) in [5.41, 5.74) is 0.321. The van der Waals surface area contributed by atoms with Gasteiger partial charge in [0.05, 0.1) is 5.88 Å². The molecule has 0 amide bonds. The lowest BCUT2D eigenvalue weighted by Crippen LogP contribution is -2.01. The molecule has 0 aromatic rings. The lowest BCUT2D eigenvalue weighted by Gasteiger charge is -1.98. The summed E-state index contributed by atoms with van der Waals surface area (Å²) in [6.45, 7) is 2.18. The van der Waals surface area contributed by atoms with E-state index in [-0.39, 0.29) is 5.88 Å². The number of halogens is 1. The fraction of sp³-hybridized carbons (Fsp3) is 0.727. The van der Waals surface area contributed by atoms with Gasteiger partial charge >= 0.3 is 5.97 Å². The smallest absolute Gasteiger partial charge is 0.332 e. The minimum atomic E-state index is -0.895. The Morgan fingerprint density at radius 2 is 1.93 bits per heavy atom. The number of alkyl halides is 1. The maximum Gasteiger partial charge on any atom is 0.332 e. The summed E-state index contributed by atoms with van der Waals surface area (Å²) in [4.78, 5) is 10.5. The fourth-order valence-electron chi connectivity index (χ4n) is 1.22. The van der Waals surface area contributed by atoms with Gasteiger partial charge < -0.3 is 5.11 Å². The second kappa shape index (κ2) is 9.07. The van der Waals surface area contributed by atoms with Gasteiger partial charge in [0.25, 0.3) is 0 Å². The molecule has 0 heterocycles. The Balaban J connectivity index is 3.53. The summed E-state index contributed by atoms with van der Waals surface area (Å²) in [5, 5.41) is 8.66. The number of unbranched alkanes of at least 4 members (excludes halogenated alkanes) is 5. The second-order valence-electron chi connectivity index (χ2n) is 3.37. The first-order valence-electron chi connectivity index (χ1n) is 5.20. The van der Waals surface area contributed by atoms with Gasteiger partial charge in [0.2, 0.25) is 0 Å². The molecule has 0 unspecified atom stereocenters. The topological polar surface area (TPSA) is 37.3 Å². The van der Waals surface area contributed by atoms with Crippen molar-refractivity contribution in [3.63, 3.8) is 0 Å². The number of allylic oxidation sites excluding steroid dienone is 1. The molecule has 0 aliphatic rings. The van der Waals surface area contributed by atoms with Crippen LogP contribution in [0.3, 0.4) is 0 Å². The van der Waals surface area contributed by atoms with Crippen molar-refractivity contribution in [3.8, 4) is 0 Å². The molecule has 0 aromatic carbocycles. The zero-order valence-corrected chi connectivity index (χ0v) is 9.52. The number of aliphatic carboxylic acids is 1. The van der Waals surface area contributed by atoms with E-state index in [9.17, 15) is 4.79 Å². The standard InChI is InChI=1S/C11H19ClO2/c1-2-3-4-5-6-7-8-10(9-12)11(13)14/h8H,2-7,9H2,1H3,(H,13,14)/b10-8+. The van der Waals surface area contributed by atoms with Gasteiger partial charge in [-0.1, -0.05) is 38.7 Å². The molecule has 0 saturated carbocycles. The summed E-state index contributed by atoms with van der Waals surface area (Å²) in [5.74, 6) is -0.793. The van der Waals surface area contributed by atoms with E-state index < -0.39 is 5.97 Å². The molecule has 82 valence electrons. The van der Waals surface area contributed by atoms with Crippen molar-refractivity contribution in [1.29, 1.82) is 0 Å². The number of carboxylic acid groups (broad SMARTS) is 1. The summed E-state index contributed by atoms with van der Waals surface area (Å²) in [7, 11) is 0. The Hall–Kier alpha value is -0.500. The van der Waals surface area contributed by atoms with Crippen LogP contribution in [0.25, 0.3) is 0 Å². The van der Waals surface area contributed by atoms with Crippen LogP contribution in [0, 0.1) is 0 Å². The lowest BCUT2D eigenvalue weighted by molar-refractivity contribution is -0.132. The molecule has 0 bridgehead atoms. The number of rotatable bonds is 8. The van der Waals surface area contributed by atoms with Crippen molar-refractivity contribution >= 4 is 17.6 Å². The molecule has 2 nitrogen and oxygen atoms in total. The van der Waals surface area contributed by atoms with Gasteiger partial charge in [0.15, 0.2) is 0 Å². The molecule has 3 heteroatoms. The van der Waals surface area contributed by atoms with Gasteiger partial charge in [-0.3, -0.25) is 0 Å². The first-order valence-corrected chi connectivity index (χ1v) is 5.74. The van der Waals surface area contributed by atoms with Crippen molar-refractivity contribution < 1.29 is 9.90 Å². The van der Waals surface area contributed by atoms with Crippen LogP contribution in [0.2, 0.25) is 0 Å². The average Bonchev–Trinajstić information content (AvgIpc) is 2.16. The van der Waals surface area contributed by atoms with Crippen LogP contribution in [-0.4, -0.2) is 17.0 Å². The van der Waals surface area contributed by atoms with Crippen molar-refractivity contribution in [2.24, 2.45) is 0 Å². The van der Waals surface area contributed by atoms with Crippen LogP contribution in [0.5, 0.6) is 0 Å². The monoisotopic (exact) mass is 218 g/mol. The van der Waals surface area contributed by atoms with E-state index in [4.69, 9.17) is 16.7 Å². The van der Waals surface area contributed by atoms with E-state index in [0.717, 1.165) is 12.8 Å². The minimum absolute atomic E-state index is 0.101. The second-order valence-corrected chi connectivity index (χ2v) is 3.64. The summed E-state index contributed by atoms with van der Waals surface area (Å²) < 4.78 is 0. The molecule has 14 heavy (non-hydrogen) atoms. The maximum absolute atomic E-state index is 10.5. The Morgan fingerprint density at radius 3 is 2.43 bits per heavy atom. The average molecular weight is 219 g/mol. The Kier molecular flexibility index (Phi) is 8.75. The fourth-order valence-corrected chi connectivity index (χ4v) is 1.45. The SMILES string of the molecule is CCCCCCC/C=C(\CCl)C(=O)O. The minimum Gasteiger partial charge on any atom is -0.478 e. The van der Waals surface area contributed by atoms with Gasteiger partial charge in [-0.2, -0.15) is 0 Å². The van der Waals surface area contributed by atoms with E-state index in [1.165, 1.54) is 25.7 Å². The molecule has 0 aromatic heterocycles. The predicted octanol–water partition coefficient (Wildman–Crippen LogP) is 3.60. The highest BCUT2D eigenvalue weighted by atomic mass is 35.5. The van der Waals surface area contributed by atoms with E-state index >= 15 is 0 Å². The predicted molar refractivity (Wildman–Crippen MR) is 59.8 cm³/mol. The molecule has 0 fully saturated rings. The molecule has 0 radical (unpaired) electrons. The number of carboxylic acids is 1. The molecular formula is C11H19ClO2. The third-order valence-corrected chi connectivity index (χ3v) is 2.41. The molecule has 0 atom stereocenters. The van der Waals surface area contributed by atoms with E-state index in [1.54, 1.807) is 6.08 Å². The quantitative estimate of drug-likeness (QED) is 0.384. The Bertz CT molecular complexity index is 188. The summed E-state index contributed by atoms with van der Waals surface area (Å²) >= 11 is 5.48. The summed E-state index contributed by atoms with van der Waals surface area (Å²) in [6.07, 6.45) is 8.56. The van der Waals surface area contributed by atoms with Crippen LogP contribution >= 0.6 is 11.6 Å². The lowest BCUT2D eigenvalue weighted by atomic mass is 10.1. The normalized spacial score (nSPS) is 11.7. The van der Waals surface area contributed by atoms with Crippen LogP contribution in [0.15, 0.2) is 11.6 Å². The molecule has 0 aliphatic carbocycles. The Labute approximate surface area is 91.0 Å². The van der Waals surface area contributed by atoms with Crippen molar-refractivity contribution in [2.45, 2.75) is 45.4 Å². The van der Waals surface area contributed by atoms with Crippen LogP contribution < -0.4 is 0 Å². The largest absolute Gasteiger partial charge is 0.478 e. The van der Waals surface area contributed by atoms with Crippen LogP contribution in [0.1, 0.15) is 45.4 Å². The molecule has 1 N–H and O–H groups in total. The van der Waals surface area contributed by atoms with E-state index in [0.29, 0.717) is 5.57 Å². The Morgan fingerprint density at radius 1 is 1.29 bits per heavy atom. The van der Waals surface area contributed by atoms with E-state index in [2.05, 4.69) is 6.92 Å². The highest BCUT2D eigenvalue weighted by molar-refractivity contribution is 6.22. The van der Waals surface area contributed by atoms with Crippen molar-refractivity contribution in [1.82, 2.24) is 0 Å².